The zero-order valence-corrected chi connectivity index (χ0v) is 11.3. The maximum absolute atomic E-state index is 12.7. The molecule has 2 aliphatic heterocycles. The van der Waals surface area contributed by atoms with Crippen LogP contribution in [0.15, 0.2) is 48.5 Å². The van der Waals surface area contributed by atoms with Crippen LogP contribution in [0.25, 0.3) is 0 Å². The number of benzene rings is 2. The highest BCUT2D eigenvalue weighted by Crippen LogP contribution is 2.48. The Morgan fingerprint density at radius 1 is 1.15 bits per heavy atom. The van der Waals surface area contributed by atoms with Crippen molar-refractivity contribution in [2.75, 3.05) is 7.05 Å². The molecule has 0 aliphatic carbocycles. The number of hydrogen-bond acceptors (Lipinski definition) is 2. The molecule has 2 N–H and O–H groups in total. The van der Waals surface area contributed by atoms with Gasteiger partial charge < -0.3 is 5.32 Å². The molecule has 2 atom stereocenters. The van der Waals surface area contributed by atoms with Crippen LogP contribution in [0.2, 0.25) is 0 Å². The lowest BCUT2D eigenvalue weighted by Gasteiger charge is -2.35. The van der Waals surface area contributed by atoms with Crippen LogP contribution in [0.1, 0.15) is 28.3 Å². The third-order valence-electron chi connectivity index (χ3n) is 4.54. The van der Waals surface area contributed by atoms with Gasteiger partial charge in [-0.05, 0) is 28.7 Å². The van der Waals surface area contributed by atoms with Crippen molar-refractivity contribution in [2.45, 2.75) is 18.0 Å². The molecule has 2 unspecified atom stereocenters. The van der Waals surface area contributed by atoms with Crippen molar-refractivity contribution >= 4 is 5.91 Å². The van der Waals surface area contributed by atoms with Crippen LogP contribution >= 0.6 is 0 Å². The fourth-order valence-corrected chi connectivity index (χ4v) is 3.72. The van der Waals surface area contributed by atoms with E-state index in [1.54, 1.807) is 7.05 Å². The fourth-order valence-electron chi connectivity index (χ4n) is 3.72. The molecule has 4 rings (SSSR count). The van der Waals surface area contributed by atoms with Gasteiger partial charge in [0.25, 0.3) is 0 Å². The molecule has 2 heterocycles. The van der Waals surface area contributed by atoms with Crippen LogP contribution in [0.5, 0.6) is 0 Å². The topological polar surface area (TPSA) is 41.1 Å². The zero-order chi connectivity index (χ0) is 13.7. The molecule has 0 spiro atoms. The molecule has 100 valence electrons. The number of likely N-dealkylation sites (N-methyl/N-ethyl adjacent to an activating group) is 1. The molecule has 2 aromatic carbocycles. The number of carbonyl (C=O) groups excluding carboxylic acids is 1. The second-order valence-corrected chi connectivity index (χ2v) is 5.47. The van der Waals surface area contributed by atoms with E-state index in [0.717, 1.165) is 17.5 Å². The van der Waals surface area contributed by atoms with Crippen LogP contribution in [0, 0.1) is 0 Å². The monoisotopic (exact) mass is 264 g/mol. The summed E-state index contributed by atoms with van der Waals surface area (Å²) in [4.78, 5) is 12.7. The standard InChI is InChI=1S/C17H16N2O/c1-18-16(20)17-13-8-4-2-6-11(13)10-15(19-17)12-7-3-5-9-14(12)17/h2-9,15,19H,10H2,1H3,(H,18,20). The predicted octanol–water partition coefficient (Wildman–Crippen LogP) is 1.88. The molecule has 0 radical (unpaired) electrons. The molecule has 0 aromatic heterocycles. The first kappa shape index (κ1) is 11.7. The maximum atomic E-state index is 12.7. The van der Waals surface area contributed by atoms with Gasteiger partial charge in [0.1, 0.15) is 0 Å². The summed E-state index contributed by atoms with van der Waals surface area (Å²) in [5.41, 5.74) is 3.95. The van der Waals surface area contributed by atoms with E-state index >= 15 is 0 Å². The molecule has 2 aliphatic rings. The summed E-state index contributed by atoms with van der Waals surface area (Å²) in [6.45, 7) is 0. The van der Waals surface area contributed by atoms with Crippen LogP contribution in [-0.4, -0.2) is 13.0 Å². The van der Waals surface area contributed by atoms with E-state index in [9.17, 15) is 4.79 Å². The smallest absolute Gasteiger partial charge is 0.249 e. The Bertz CT molecular complexity index is 697. The van der Waals surface area contributed by atoms with E-state index in [2.05, 4.69) is 34.9 Å². The van der Waals surface area contributed by atoms with Gasteiger partial charge in [-0.1, -0.05) is 48.5 Å². The molecule has 3 heteroatoms. The number of rotatable bonds is 1. The van der Waals surface area contributed by atoms with Gasteiger partial charge >= 0.3 is 0 Å². The van der Waals surface area contributed by atoms with Crippen molar-refractivity contribution in [3.63, 3.8) is 0 Å². The van der Waals surface area contributed by atoms with Gasteiger partial charge in [0.05, 0.1) is 0 Å². The first-order chi connectivity index (χ1) is 9.77. The average Bonchev–Trinajstić information content (AvgIpc) is 2.78. The van der Waals surface area contributed by atoms with Gasteiger partial charge in [0, 0.05) is 13.1 Å². The van der Waals surface area contributed by atoms with Crippen molar-refractivity contribution in [3.8, 4) is 0 Å². The van der Waals surface area contributed by atoms with Gasteiger partial charge in [0.2, 0.25) is 5.91 Å². The van der Waals surface area contributed by atoms with Crippen LogP contribution in [0.3, 0.4) is 0 Å². The fraction of sp³-hybridized carbons (Fsp3) is 0.235. The predicted molar refractivity (Wildman–Crippen MR) is 77.3 cm³/mol. The van der Waals surface area contributed by atoms with E-state index in [0.29, 0.717) is 0 Å². The highest BCUT2D eigenvalue weighted by molar-refractivity contribution is 5.94. The van der Waals surface area contributed by atoms with Gasteiger partial charge in [0.15, 0.2) is 5.54 Å². The molecular weight excluding hydrogens is 248 g/mol. The molecule has 0 fully saturated rings. The number of carbonyl (C=O) groups is 1. The number of nitrogens with one attached hydrogen (secondary N) is 2. The molecule has 0 saturated heterocycles. The Hall–Kier alpha value is -2.13. The minimum atomic E-state index is -0.731. The van der Waals surface area contributed by atoms with Gasteiger partial charge in [-0.2, -0.15) is 0 Å². The zero-order valence-electron chi connectivity index (χ0n) is 11.3. The molecule has 0 saturated carbocycles. The molecule has 3 nitrogen and oxygen atoms in total. The Kier molecular flexibility index (Phi) is 2.30. The van der Waals surface area contributed by atoms with E-state index in [1.165, 1.54) is 11.1 Å². The minimum Gasteiger partial charge on any atom is -0.357 e. The quantitative estimate of drug-likeness (QED) is 0.825. The second kappa shape index (κ2) is 3.93. The number of hydrogen-bond donors (Lipinski definition) is 2. The highest BCUT2D eigenvalue weighted by Gasteiger charge is 2.53. The third-order valence-corrected chi connectivity index (χ3v) is 4.54. The lowest BCUT2D eigenvalue weighted by Crippen LogP contribution is -2.54. The summed E-state index contributed by atoms with van der Waals surface area (Å²) in [5, 5.41) is 6.40. The van der Waals surface area contributed by atoms with E-state index in [4.69, 9.17) is 0 Å². The van der Waals surface area contributed by atoms with E-state index < -0.39 is 5.54 Å². The minimum absolute atomic E-state index is 0.0135. The van der Waals surface area contributed by atoms with Crippen molar-refractivity contribution in [2.24, 2.45) is 0 Å². The Balaban J connectivity index is 2.07. The first-order valence-electron chi connectivity index (χ1n) is 6.95. The van der Waals surface area contributed by atoms with E-state index in [-0.39, 0.29) is 11.9 Å². The SMILES string of the molecule is CNC(=O)C12NC(Cc3ccccc31)c1ccccc12. The van der Waals surface area contributed by atoms with Crippen LogP contribution in [0.4, 0.5) is 0 Å². The first-order valence-corrected chi connectivity index (χ1v) is 6.95. The highest BCUT2D eigenvalue weighted by atomic mass is 16.2. The summed E-state index contributed by atoms with van der Waals surface area (Å²) in [6.07, 6.45) is 0.936. The summed E-state index contributed by atoms with van der Waals surface area (Å²) in [6, 6.07) is 16.7. The summed E-state index contributed by atoms with van der Waals surface area (Å²) in [5.74, 6) is 0.0135. The van der Waals surface area contributed by atoms with Crippen molar-refractivity contribution < 1.29 is 4.79 Å². The molecule has 2 aromatic rings. The van der Waals surface area contributed by atoms with Gasteiger partial charge in [-0.3, -0.25) is 10.1 Å². The molecule has 20 heavy (non-hydrogen) atoms. The Morgan fingerprint density at radius 2 is 1.85 bits per heavy atom. The molecule has 2 bridgehead atoms. The van der Waals surface area contributed by atoms with Crippen molar-refractivity contribution in [1.82, 2.24) is 10.6 Å². The van der Waals surface area contributed by atoms with Crippen molar-refractivity contribution in [1.29, 1.82) is 0 Å². The second-order valence-electron chi connectivity index (χ2n) is 5.47. The maximum Gasteiger partial charge on any atom is 0.249 e. The lowest BCUT2D eigenvalue weighted by atomic mass is 9.80. The largest absolute Gasteiger partial charge is 0.357 e. The third kappa shape index (κ3) is 1.26. The van der Waals surface area contributed by atoms with Gasteiger partial charge in [-0.15, -0.1) is 0 Å². The number of fused-ring (bicyclic) bond motifs is 7. The molecular formula is C17H16N2O. The lowest BCUT2D eigenvalue weighted by molar-refractivity contribution is -0.126. The van der Waals surface area contributed by atoms with E-state index in [1.807, 2.05) is 24.3 Å². The number of amides is 1. The summed E-state index contributed by atoms with van der Waals surface area (Å²) in [7, 11) is 1.70. The Morgan fingerprint density at radius 3 is 2.65 bits per heavy atom. The molecule has 1 amide bonds. The van der Waals surface area contributed by atoms with Crippen molar-refractivity contribution in [3.05, 3.63) is 70.8 Å². The Labute approximate surface area is 118 Å². The van der Waals surface area contributed by atoms with Crippen LogP contribution < -0.4 is 10.6 Å². The van der Waals surface area contributed by atoms with Gasteiger partial charge in [-0.25, -0.2) is 0 Å². The summed E-state index contributed by atoms with van der Waals surface area (Å²) >= 11 is 0. The van der Waals surface area contributed by atoms with Crippen LogP contribution in [-0.2, 0) is 16.8 Å². The average molecular weight is 264 g/mol. The normalized spacial score (nSPS) is 25.8. The summed E-state index contributed by atoms with van der Waals surface area (Å²) < 4.78 is 0.